The van der Waals surface area contributed by atoms with E-state index in [0.717, 1.165) is 0 Å². The largest absolute Gasteiger partial charge is 0.341 e. The molecule has 1 fully saturated rings. The zero-order chi connectivity index (χ0) is 24.3. The van der Waals surface area contributed by atoms with Crippen LogP contribution in [0.25, 0.3) is 0 Å². The van der Waals surface area contributed by atoms with Gasteiger partial charge in [0.2, 0.25) is 21.8 Å². The minimum Gasteiger partial charge on any atom is -0.341 e. The van der Waals surface area contributed by atoms with E-state index in [1.165, 1.54) is 38.4 Å². The van der Waals surface area contributed by atoms with Crippen molar-refractivity contribution in [2.45, 2.75) is 31.7 Å². The van der Waals surface area contributed by atoms with Crippen LogP contribution in [-0.2, 0) is 26.2 Å². The smallest absolute Gasteiger partial charge is 0.243 e. The normalized spacial score (nSPS) is 16.5. The fraction of sp³-hybridized carbons (Fsp3) is 0.391. The van der Waals surface area contributed by atoms with Gasteiger partial charge < -0.3 is 9.80 Å². The number of benzene rings is 2. The van der Waals surface area contributed by atoms with E-state index in [0.29, 0.717) is 18.8 Å². The van der Waals surface area contributed by atoms with E-state index in [1.54, 1.807) is 39.1 Å². The number of halogens is 2. The predicted octanol–water partition coefficient (Wildman–Crippen LogP) is 3.52. The van der Waals surface area contributed by atoms with Crippen molar-refractivity contribution in [3.8, 4) is 0 Å². The summed E-state index contributed by atoms with van der Waals surface area (Å²) in [4.78, 5) is 28.5. The highest BCUT2D eigenvalue weighted by molar-refractivity contribution is 7.89. The summed E-state index contributed by atoms with van der Waals surface area (Å²) < 4.78 is 40.8. The molecule has 10 heteroatoms. The molecule has 0 spiro atoms. The SMILES string of the molecule is CCN(CC)S(=O)(=O)c1ccc(N2C[C@H](C(=O)N(C)Cc3c(F)cccc3Cl)CC2=O)cc1. The number of sulfonamides is 1. The minimum atomic E-state index is -3.60. The number of nitrogens with zero attached hydrogens (tertiary/aromatic N) is 3. The van der Waals surface area contributed by atoms with E-state index < -0.39 is 21.8 Å². The topological polar surface area (TPSA) is 78.0 Å². The van der Waals surface area contributed by atoms with Crippen molar-refractivity contribution in [2.75, 3.05) is 31.6 Å². The molecular formula is C23H27ClFN3O4S. The third-order valence-corrected chi connectivity index (χ3v) is 8.22. The number of carbonyl (C=O) groups is 2. The molecule has 1 aliphatic heterocycles. The lowest BCUT2D eigenvalue weighted by atomic mass is 10.1. The van der Waals surface area contributed by atoms with Crippen molar-refractivity contribution in [3.05, 3.63) is 58.9 Å². The lowest BCUT2D eigenvalue weighted by molar-refractivity contribution is -0.135. The first-order valence-electron chi connectivity index (χ1n) is 10.7. The molecule has 0 radical (unpaired) electrons. The molecule has 33 heavy (non-hydrogen) atoms. The van der Waals surface area contributed by atoms with Crippen LogP contribution in [0, 0.1) is 11.7 Å². The summed E-state index contributed by atoms with van der Waals surface area (Å²) in [6.07, 6.45) is 0.0215. The third kappa shape index (κ3) is 5.20. The second-order valence-electron chi connectivity index (χ2n) is 7.88. The molecule has 0 unspecified atom stereocenters. The average Bonchev–Trinajstić information content (AvgIpc) is 3.18. The quantitative estimate of drug-likeness (QED) is 0.561. The van der Waals surface area contributed by atoms with Gasteiger partial charge in [-0.3, -0.25) is 9.59 Å². The van der Waals surface area contributed by atoms with Crippen molar-refractivity contribution in [2.24, 2.45) is 5.92 Å². The van der Waals surface area contributed by atoms with Crippen LogP contribution in [0.1, 0.15) is 25.8 Å². The van der Waals surface area contributed by atoms with Crippen molar-refractivity contribution >= 4 is 39.1 Å². The van der Waals surface area contributed by atoms with Crippen LogP contribution in [-0.4, -0.2) is 56.1 Å². The molecule has 178 valence electrons. The Morgan fingerprint density at radius 1 is 1.15 bits per heavy atom. The second-order valence-corrected chi connectivity index (χ2v) is 10.2. The Kier molecular flexibility index (Phi) is 7.76. The van der Waals surface area contributed by atoms with Crippen molar-refractivity contribution in [1.29, 1.82) is 0 Å². The zero-order valence-corrected chi connectivity index (χ0v) is 20.4. The van der Waals surface area contributed by atoms with Gasteiger partial charge in [0.1, 0.15) is 5.82 Å². The highest BCUT2D eigenvalue weighted by atomic mass is 35.5. The fourth-order valence-corrected chi connectivity index (χ4v) is 5.62. The van der Waals surface area contributed by atoms with Crippen molar-refractivity contribution in [1.82, 2.24) is 9.21 Å². The Bertz CT molecular complexity index is 1120. The third-order valence-electron chi connectivity index (χ3n) is 5.80. The first-order valence-corrected chi connectivity index (χ1v) is 12.5. The summed E-state index contributed by atoms with van der Waals surface area (Å²) in [6.45, 7) is 4.42. The summed E-state index contributed by atoms with van der Waals surface area (Å²) in [6, 6.07) is 10.4. The molecule has 1 saturated heterocycles. The lowest BCUT2D eigenvalue weighted by Crippen LogP contribution is -2.34. The van der Waals surface area contributed by atoms with Gasteiger partial charge in [-0.1, -0.05) is 31.5 Å². The van der Waals surface area contributed by atoms with Gasteiger partial charge in [0.15, 0.2) is 0 Å². The number of hydrogen-bond acceptors (Lipinski definition) is 4. The molecular weight excluding hydrogens is 469 g/mol. The predicted molar refractivity (Wildman–Crippen MR) is 125 cm³/mol. The molecule has 3 rings (SSSR count). The molecule has 0 saturated carbocycles. The van der Waals surface area contributed by atoms with Gasteiger partial charge in [-0.15, -0.1) is 0 Å². The van der Waals surface area contributed by atoms with E-state index in [1.807, 2.05) is 0 Å². The Morgan fingerprint density at radius 2 is 1.79 bits per heavy atom. The Labute approximate surface area is 198 Å². The van der Waals surface area contributed by atoms with Crippen LogP contribution in [0.5, 0.6) is 0 Å². The summed E-state index contributed by atoms with van der Waals surface area (Å²) in [5, 5.41) is 0.235. The van der Waals surface area contributed by atoms with E-state index in [9.17, 15) is 22.4 Å². The van der Waals surface area contributed by atoms with E-state index in [-0.39, 0.29) is 46.8 Å². The van der Waals surface area contributed by atoms with Crippen LogP contribution in [0.2, 0.25) is 5.02 Å². The van der Waals surface area contributed by atoms with Gasteiger partial charge in [0, 0.05) is 55.9 Å². The number of rotatable bonds is 8. The maximum atomic E-state index is 14.1. The zero-order valence-electron chi connectivity index (χ0n) is 18.8. The molecule has 0 aromatic heterocycles. The lowest BCUT2D eigenvalue weighted by Gasteiger charge is -2.22. The first-order chi connectivity index (χ1) is 15.6. The van der Waals surface area contributed by atoms with Crippen LogP contribution < -0.4 is 4.90 Å². The Balaban J connectivity index is 1.71. The highest BCUT2D eigenvalue weighted by Gasteiger charge is 2.37. The average molecular weight is 496 g/mol. The van der Waals surface area contributed by atoms with Gasteiger partial charge in [-0.05, 0) is 36.4 Å². The van der Waals surface area contributed by atoms with Crippen molar-refractivity contribution in [3.63, 3.8) is 0 Å². The van der Waals surface area contributed by atoms with Crippen LogP contribution >= 0.6 is 11.6 Å². The van der Waals surface area contributed by atoms with Crippen molar-refractivity contribution < 1.29 is 22.4 Å². The molecule has 2 aromatic rings. The fourth-order valence-electron chi connectivity index (χ4n) is 3.94. The van der Waals surface area contributed by atoms with Crippen LogP contribution in [0.4, 0.5) is 10.1 Å². The first kappa shape index (κ1) is 25.1. The van der Waals surface area contributed by atoms with Gasteiger partial charge in [0.25, 0.3) is 0 Å². The summed E-state index contributed by atoms with van der Waals surface area (Å²) in [7, 11) is -2.05. The Hall–Kier alpha value is -2.49. The molecule has 2 aromatic carbocycles. The molecule has 1 heterocycles. The summed E-state index contributed by atoms with van der Waals surface area (Å²) in [5.41, 5.74) is 0.745. The number of carbonyl (C=O) groups excluding carboxylic acids is 2. The second kappa shape index (κ2) is 10.2. The van der Waals surface area contributed by atoms with Crippen LogP contribution in [0.15, 0.2) is 47.4 Å². The monoisotopic (exact) mass is 495 g/mol. The van der Waals surface area contributed by atoms with E-state index in [4.69, 9.17) is 11.6 Å². The molecule has 0 bridgehead atoms. The van der Waals surface area contributed by atoms with Crippen LogP contribution in [0.3, 0.4) is 0 Å². The number of hydrogen-bond donors (Lipinski definition) is 0. The highest BCUT2D eigenvalue weighted by Crippen LogP contribution is 2.29. The van der Waals surface area contributed by atoms with Gasteiger partial charge in [-0.2, -0.15) is 4.31 Å². The summed E-state index contributed by atoms with van der Waals surface area (Å²) >= 11 is 6.06. The summed E-state index contributed by atoms with van der Waals surface area (Å²) in [5.74, 6) is -1.60. The Morgan fingerprint density at radius 3 is 2.36 bits per heavy atom. The van der Waals surface area contributed by atoms with E-state index in [2.05, 4.69) is 0 Å². The van der Waals surface area contributed by atoms with Gasteiger partial charge in [-0.25, -0.2) is 12.8 Å². The minimum absolute atomic E-state index is 0.00700. The van der Waals surface area contributed by atoms with Gasteiger partial charge in [0.05, 0.1) is 10.8 Å². The standard InChI is InChI=1S/C23H27ClFN3O4S/c1-4-27(5-2)33(31,32)18-11-9-17(10-12-18)28-14-16(13-22(28)29)23(30)26(3)15-19-20(24)7-6-8-21(19)25/h6-12,16H,4-5,13-15H2,1-3H3/t16-/m1/s1. The molecule has 0 aliphatic carbocycles. The maximum absolute atomic E-state index is 14.1. The molecule has 1 atom stereocenters. The van der Waals surface area contributed by atoms with Gasteiger partial charge >= 0.3 is 0 Å². The molecule has 1 aliphatic rings. The number of amides is 2. The molecule has 7 nitrogen and oxygen atoms in total. The maximum Gasteiger partial charge on any atom is 0.243 e. The number of anilines is 1. The molecule has 0 N–H and O–H groups in total. The molecule has 2 amide bonds. The van der Waals surface area contributed by atoms with E-state index >= 15 is 0 Å².